The van der Waals surface area contributed by atoms with E-state index < -0.39 is 0 Å². The van der Waals surface area contributed by atoms with Gasteiger partial charge in [-0.1, -0.05) is 20.3 Å². The van der Waals surface area contributed by atoms with Gasteiger partial charge in [0, 0.05) is 18.1 Å². The van der Waals surface area contributed by atoms with E-state index in [1.54, 1.807) is 0 Å². The first-order valence-corrected chi connectivity index (χ1v) is 5.84. The van der Waals surface area contributed by atoms with E-state index >= 15 is 0 Å². The zero-order valence-corrected chi connectivity index (χ0v) is 10.9. The Hall–Kier alpha value is -0.0800. The number of rotatable bonds is 7. The highest BCUT2D eigenvalue weighted by Crippen LogP contribution is 2.10. The predicted molar refractivity (Wildman–Crippen MR) is 64.8 cm³/mol. The maximum Gasteiger partial charge on any atom is 0.0271 e. The van der Waals surface area contributed by atoms with Crippen LogP contribution in [-0.2, 0) is 0 Å². The predicted octanol–water partition coefficient (Wildman–Crippen LogP) is 2.49. The van der Waals surface area contributed by atoms with E-state index in [1.807, 2.05) is 0 Å². The van der Waals surface area contributed by atoms with Gasteiger partial charge >= 0.3 is 0 Å². The van der Waals surface area contributed by atoms with Crippen LogP contribution in [0.1, 0.15) is 47.0 Å². The molecule has 0 saturated carbocycles. The molecule has 14 heavy (non-hydrogen) atoms. The first kappa shape index (κ1) is 13.9. The van der Waals surface area contributed by atoms with Crippen molar-refractivity contribution in [2.24, 2.45) is 0 Å². The third-order valence-corrected chi connectivity index (χ3v) is 3.16. The van der Waals surface area contributed by atoms with E-state index in [1.165, 1.54) is 19.3 Å². The van der Waals surface area contributed by atoms with Gasteiger partial charge in [0.25, 0.3) is 0 Å². The van der Waals surface area contributed by atoms with Gasteiger partial charge < -0.3 is 10.2 Å². The lowest BCUT2D eigenvalue weighted by Gasteiger charge is -2.34. The first-order chi connectivity index (χ1) is 6.44. The SMILES string of the molecule is CCCC(CC)NCC(C)(C)N(C)C. The Morgan fingerprint density at radius 2 is 1.79 bits per heavy atom. The molecule has 1 N–H and O–H groups in total. The Kier molecular flexibility index (Phi) is 6.38. The summed E-state index contributed by atoms with van der Waals surface area (Å²) in [7, 11) is 4.28. The minimum Gasteiger partial charge on any atom is -0.312 e. The summed E-state index contributed by atoms with van der Waals surface area (Å²) in [5.74, 6) is 0. The van der Waals surface area contributed by atoms with E-state index in [9.17, 15) is 0 Å². The van der Waals surface area contributed by atoms with E-state index in [-0.39, 0.29) is 5.54 Å². The van der Waals surface area contributed by atoms with E-state index in [0.29, 0.717) is 6.04 Å². The number of nitrogens with one attached hydrogen (secondary N) is 1. The normalized spacial score (nSPS) is 14.8. The van der Waals surface area contributed by atoms with Crippen LogP contribution in [0, 0.1) is 0 Å². The van der Waals surface area contributed by atoms with Crippen LogP contribution < -0.4 is 5.32 Å². The molecule has 1 unspecified atom stereocenters. The van der Waals surface area contributed by atoms with Crippen molar-refractivity contribution in [1.82, 2.24) is 10.2 Å². The molecule has 0 rings (SSSR count). The summed E-state index contributed by atoms with van der Waals surface area (Å²) < 4.78 is 0. The van der Waals surface area contributed by atoms with Crippen LogP contribution in [0.4, 0.5) is 0 Å². The topological polar surface area (TPSA) is 15.3 Å². The monoisotopic (exact) mass is 200 g/mol. The lowest BCUT2D eigenvalue weighted by atomic mass is 10.0. The second kappa shape index (κ2) is 6.41. The quantitative estimate of drug-likeness (QED) is 0.679. The highest BCUT2D eigenvalue weighted by Gasteiger charge is 2.20. The summed E-state index contributed by atoms with van der Waals surface area (Å²) >= 11 is 0. The van der Waals surface area contributed by atoms with Crippen LogP contribution in [-0.4, -0.2) is 37.1 Å². The average Bonchev–Trinajstić information content (AvgIpc) is 2.12. The molecule has 1 atom stereocenters. The van der Waals surface area contributed by atoms with Crippen LogP contribution >= 0.6 is 0 Å². The summed E-state index contributed by atoms with van der Waals surface area (Å²) in [6.45, 7) is 10.1. The van der Waals surface area contributed by atoms with Gasteiger partial charge in [0.1, 0.15) is 0 Å². The molecule has 0 saturated heterocycles. The molecule has 2 heteroatoms. The molecule has 0 heterocycles. The standard InChI is InChI=1S/C12H28N2/c1-7-9-11(8-2)13-10-12(3,4)14(5)6/h11,13H,7-10H2,1-6H3. The third kappa shape index (κ3) is 4.97. The molecule has 0 aromatic carbocycles. The molecule has 0 fully saturated rings. The van der Waals surface area contributed by atoms with Crippen molar-refractivity contribution in [1.29, 1.82) is 0 Å². The second-order valence-corrected chi connectivity index (χ2v) is 4.98. The van der Waals surface area contributed by atoms with Crippen LogP contribution in [0.5, 0.6) is 0 Å². The molecule has 0 aliphatic rings. The van der Waals surface area contributed by atoms with Crippen LogP contribution in [0.2, 0.25) is 0 Å². The average molecular weight is 200 g/mol. The van der Waals surface area contributed by atoms with Gasteiger partial charge in [-0.05, 0) is 40.8 Å². The first-order valence-electron chi connectivity index (χ1n) is 5.84. The molecule has 0 radical (unpaired) electrons. The Bertz CT molecular complexity index is 141. The smallest absolute Gasteiger partial charge is 0.0271 e. The van der Waals surface area contributed by atoms with Crippen molar-refractivity contribution in [3.05, 3.63) is 0 Å². The minimum absolute atomic E-state index is 0.251. The number of likely N-dealkylation sites (N-methyl/N-ethyl adjacent to an activating group) is 1. The van der Waals surface area contributed by atoms with Crippen LogP contribution in [0.25, 0.3) is 0 Å². The van der Waals surface area contributed by atoms with Crippen molar-refractivity contribution >= 4 is 0 Å². The van der Waals surface area contributed by atoms with Gasteiger partial charge in [0.05, 0.1) is 0 Å². The molecule has 0 bridgehead atoms. The van der Waals surface area contributed by atoms with Crippen LogP contribution in [0.3, 0.4) is 0 Å². The fourth-order valence-electron chi connectivity index (χ4n) is 1.35. The Balaban J connectivity index is 3.89. The molecule has 2 nitrogen and oxygen atoms in total. The lowest BCUT2D eigenvalue weighted by Crippen LogP contribution is -2.49. The lowest BCUT2D eigenvalue weighted by molar-refractivity contribution is 0.182. The summed E-state index contributed by atoms with van der Waals surface area (Å²) in [5, 5.41) is 3.65. The fraction of sp³-hybridized carbons (Fsp3) is 1.00. The van der Waals surface area contributed by atoms with Gasteiger partial charge in [0.2, 0.25) is 0 Å². The van der Waals surface area contributed by atoms with E-state index in [0.717, 1.165) is 6.54 Å². The number of hydrogen-bond acceptors (Lipinski definition) is 2. The summed E-state index contributed by atoms with van der Waals surface area (Å²) in [6, 6.07) is 0.694. The van der Waals surface area contributed by atoms with Crippen molar-refractivity contribution in [3.63, 3.8) is 0 Å². The van der Waals surface area contributed by atoms with Crippen molar-refractivity contribution in [2.45, 2.75) is 58.5 Å². The largest absolute Gasteiger partial charge is 0.312 e. The molecule has 0 aromatic rings. The molecule has 0 aliphatic heterocycles. The summed E-state index contributed by atoms with van der Waals surface area (Å²) in [4.78, 5) is 2.28. The molecular formula is C12H28N2. The molecule has 0 amide bonds. The third-order valence-electron chi connectivity index (χ3n) is 3.16. The molecular weight excluding hydrogens is 172 g/mol. The Morgan fingerprint density at radius 3 is 2.14 bits per heavy atom. The van der Waals surface area contributed by atoms with E-state index in [4.69, 9.17) is 0 Å². The van der Waals surface area contributed by atoms with E-state index in [2.05, 4.69) is 52.0 Å². The Labute approximate surface area is 90.1 Å². The highest BCUT2D eigenvalue weighted by molar-refractivity contribution is 4.81. The number of nitrogens with zero attached hydrogens (tertiary/aromatic N) is 1. The number of hydrogen-bond donors (Lipinski definition) is 1. The minimum atomic E-state index is 0.251. The van der Waals surface area contributed by atoms with Gasteiger partial charge in [-0.25, -0.2) is 0 Å². The second-order valence-electron chi connectivity index (χ2n) is 4.98. The highest BCUT2D eigenvalue weighted by atomic mass is 15.2. The molecule has 0 aliphatic carbocycles. The van der Waals surface area contributed by atoms with Crippen molar-refractivity contribution in [3.8, 4) is 0 Å². The van der Waals surface area contributed by atoms with Gasteiger partial charge in [-0.15, -0.1) is 0 Å². The maximum absolute atomic E-state index is 3.65. The van der Waals surface area contributed by atoms with Crippen molar-refractivity contribution < 1.29 is 0 Å². The summed E-state index contributed by atoms with van der Waals surface area (Å²) in [6.07, 6.45) is 3.80. The van der Waals surface area contributed by atoms with Gasteiger partial charge in [0.15, 0.2) is 0 Å². The zero-order chi connectivity index (χ0) is 11.2. The van der Waals surface area contributed by atoms with Gasteiger partial charge in [-0.3, -0.25) is 0 Å². The van der Waals surface area contributed by atoms with Gasteiger partial charge in [-0.2, -0.15) is 0 Å². The van der Waals surface area contributed by atoms with Crippen molar-refractivity contribution in [2.75, 3.05) is 20.6 Å². The molecule has 0 aromatic heterocycles. The molecule has 86 valence electrons. The zero-order valence-electron chi connectivity index (χ0n) is 10.9. The maximum atomic E-state index is 3.65. The molecule has 0 spiro atoms. The Morgan fingerprint density at radius 1 is 1.21 bits per heavy atom. The summed E-state index contributed by atoms with van der Waals surface area (Å²) in [5.41, 5.74) is 0.251. The van der Waals surface area contributed by atoms with Crippen LogP contribution in [0.15, 0.2) is 0 Å². The fourth-order valence-corrected chi connectivity index (χ4v) is 1.35.